The van der Waals surface area contributed by atoms with Gasteiger partial charge in [-0.3, -0.25) is 9.78 Å². The summed E-state index contributed by atoms with van der Waals surface area (Å²) >= 11 is 1.37. The summed E-state index contributed by atoms with van der Waals surface area (Å²) in [7, 11) is 0. The van der Waals surface area contributed by atoms with Gasteiger partial charge < -0.3 is 10.1 Å². The Morgan fingerprint density at radius 1 is 1.20 bits per heavy atom. The number of esters is 1. The Labute approximate surface area is 149 Å². The maximum atomic E-state index is 11.9. The molecule has 3 heterocycles. The number of nitrogens with one attached hydrogen (secondary N) is 1. The van der Waals surface area contributed by atoms with Crippen LogP contribution in [0.5, 0.6) is 0 Å². The van der Waals surface area contributed by atoms with Crippen LogP contribution in [0.3, 0.4) is 0 Å². The number of pyridine rings is 1. The van der Waals surface area contributed by atoms with E-state index in [1.54, 1.807) is 19.3 Å². The molecule has 7 nitrogen and oxygen atoms in total. The molecular weight excluding hydrogens is 338 g/mol. The van der Waals surface area contributed by atoms with Gasteiger partial charge in [0.15, 0.2) is 5.13 Å². The van der Waals surface area contributed by atoms with Crippen LogP contribution in [0.4, 0.5) is 11.1 Å². The molecule has 0 aliphatic carbocycles. The smallest absolute Gasteiger partial charge is 0.311 e. The Bertz CT molecular complexity index is 866. The summed E-state index contributed by atoms with van der Waals surface area (Å²) in [6.07, 6.45) is 3.52. The number of rotatable bonds is 6. The van der Waals surface area contributed by atoms with E-state index in [1.807, 2.05) is 31.2 Å². The van der Waals surface area contributed by atoms with Gasteiger partial charge in [-0.25, -0.2) is 15.0 Å². The number of nitrogens with zero attached hydrogens (tertiary/aromatic N) is 4. The fourth-order valence-electron chi connectivity index (χ4n) is 2.18. The average Bonchev–Trinajstić information content (AvgIpc) is 2.98. The van der Waals surface area contributed by atoms with Gasteiger partial charge in [0.2, 0.25) is 5.95 Å². The minimum Gasteiger partial charge on any atom is -0.466 e. The molecule has 0 radical (unpaired) electrons. The van der Waals surface area contributed by atoms with Gasteiger partial charge in [0.1, 0.15) is 5.69 Å². The third-order valence-corrected chi connectivity index (χ3v) is 4.20. The van der Waals surface area contributed by atoms with Gasteiger partial charge in [-0.2, -0.15) is 0 Å². The zero-order chi connectivity index (χ0) is 17.6. The van der Waals surface area contributed by atoms with Crippen LogP contribution in [0.15, 0.2) is 36.7 Å². The van der Waals surface area contributed by atoms with Gasteiger partial charge in [-0.15, -0.1) is 11.3 Å². The lowest BCUT2D eigenvalue weighted by molar-refractivity contribution is -0.142. The molecule has 1 N–H and O–H groups in total. The minimum atomic E-state index is -0.290. The van der Waals surface area contributed by atoms with E-state index in [1.165, 1.54) is 11.3 Å². The average molecular weight is 355 g/mol. The highest BCUT2D eigenvalue weighted by Crippen LogP contribution is 2.31. The molecule has 3 aromatic rings. The Hall–Kier alpha value is -2.87. The minimum absolute atomic E-state index is 0.147. The van der Waals surface area contributed by atoms with Crippen molar-refractivity contribution in [2.45, 2.75) is 20.3 Å². The lowest BCUT2D eigenvalue weighted by atomic mass is 10.2. The molecule has 0 spiro atoms. The largest absolute Gasteiger partial charge is 0.466 e. The highest BCUT2D eigenvalue weighted by atomic mass is 32.1. The topological polar surface area (TPSA) is 89.9 Å². The van der Waals surface area contributed by atoms with Gasteiger partial charge >= 0.3 is 5.97 Å². The third kappa shape index (κ3) is 4.36. The lowest BCUT2D eigenvalue weighted by Gasteiger charge is -2.01. The van der Waals surface area contributed by atoms with E-state index in [4.69, 9.17) is 4.74 Å². The summed E-state index contributed by atoms with van der Waals surface area (Å²) in [6.45, 7) is 4.02. The summed E-state index contributed by atoms with van der Waals surface area (Å²) in [5.41, 5.74) is 2.22. The first-order chi connectivity index (χ1) is 12.2. The van der Waals surface area contributed by atoms with Crippen LogP contribution < -0.4 is 5.32 Å². The molecule has 0 bridgehead atoms. The number of carbonyl (C=O) groups is 1. The number of ether oxygens (including phenoxy) is 1. The number of aromatic nitrogens is 4. The van der Waals surface area contributed by atoms with E-state index in [0.717, 1.165) is 10.6 Å². The standard InChI is InChI=1S/C17H17N5O2S/c1-3-24-14(23)10-13-15(12-6-4-5-8-18-12)21-17(25-13)22-16-19-9-7-11(2)20-16/h4-9H,3,10H2,1-2H3,(H,19,20,21,22). The molecule has 3 aromatic heterocycles. The summed E-state index contributed by atoms with van der Waals surface area (Å²) < 4.78 is 5.05. The highest BCUT2D eigenvalue weighted by Gasteiger charge is 2.18. The summed E-state index contributed by atoms with van der Waals surface area (Å²) in [6, 6.07) is 7.39. The molecule has 0 aromatic carbocycles. The van der Waals surface area contributed by atoms with E-state index < -0.39 is 0 Å². The number of aryl methyl sites for hydroxylation is 1. The van der Waals surface area contributed by atoms with Crippen LogP contribution in [0.2, 0.25) is 0 Å². The first kappa shape index (κ1) is 17.0. The molecule has 0 amide bonds. The van der Waals surface area contributed by atoms with E-state index >= 15 is 0 Å². The van der Waals surface area contributed by atoms with Crippen molar-refractivity contribution in [2.24, 2.45) is 0 Å². The maximum Gasteiger partial charge on any atom is 0.311 e. The number of thiazole rings is 1. The second kappa shape index (κ2) is 7.80. The zero-order valence-electron chi connectivity index (χ0n) is 13.9. The van der Waals surface area contributed by atoms with Crippen molar-refractivity contribution >= 4 is 28.4 Å². The maximum absolute atomic E-state index is 11.9. The van der Waals surface area contributed by atoms with Crippen molar-refractivity contribution in [2.75, 3.05) is 11.9 Å². The van der Waals surface area contributed by atoms with Crippen molar-refractivity contribution in [3.8, 4) is 11.4 Å². The van der Waals surface area contributed by atoms with Crippen molar-refractivity contribution in [3.63, 3.8) is 0 Å². The molecule has 128 valence electrons. The summed E-state index contributed by atoms with van der Waals surface area (Å²) in [5.74, 6) is 0.172. The van der Waals surface area contributed by atoms with Crippen LogP contribution in [0.1, 0.15) is 17.5 Å². The molecule has 0 atom stereocenters. The Morgan fingerprint density at radius 2 is 2.08 bits per heavy atom. The van der Waals surface area contributed by atoms with Crippen LogP contribution in [-0.4, -0.2) is 32.5 Å². The second-order valence-corrected chi connectivity index (χ2v) is 6.22. The number of hydrogen-bond donors (Lipinski definition) is 1. The summed E-state index contributed by atoms with van der Waals surface area (Å²) in [5, 5.41) is 3.69. The molecule has 0 aliphatic rings. The predicted molar refractivity (Wildman–Crippen MR) is 95.7 cm³/mol. The zero-order valence-corrected chi connectivity index (χ0v) is 14.7. The Kier molecular flexibility index (Phi) is 5.30. The SMILES string of the molecule is CCOC(=O)Cc1sc(Nc2nccc(C)n2)nc1-c1ccccn1. The molecule has 0 saturated heterocycles. The molecule has 0 saturated carbocycles. The molecule has 0 unspecified atom stereocenters. The van der Waals surface area contributed by atoms with E-state index in [9.17, 15) is 4.79 Å². The lowest BCUT2D eigenvalue weighted by Crippen LogP contribution is -2.07. The number of hydrogen-bond acceptors (Lipinski definition) is 8. The van der Waals surface area contributed by atoms with E-state index in [2.05, 4.69) is 25.3 Å². The first-order valence-electron chi connectivity index (χ1n) is 7.79. The van der Waals surface area contributed by atoms with Crippen LogP contribution in [-0.2, 0) is 16.0 Å². The quantitative estimate of drug-likeness (QED) is 0.679. The van der Waals surface area contributed by atoms with Crippen molar-refractivity contribution < 1.29 is 9.53 Å². The van der Waals surface area contributed by atoms with Crippen LogP contribution >= 0.6 is 11.3 Å². The van der Waals surface area contributed by atoms with E-state index in [-0.39, 0.29) is 12.4 Å². The molecule has 0 aliphatic heterocycles. The molecule has 3 rings (SSSR count). The molecule has 25 heavy (non-hydrogen) atoms. The Balaban J connectivity index is 1.92. The normalized spacial score (nSPS) is 10.5. The first-order valence-corrected chi connectivity index (χ1v) is 8.60. The molecule has 0 fully saturated rings. The van der Waals surface area contributed by atoms with Crippen molar-refractivity contribution in [1.29, 1.82) is 0 Å². The van der Waals surface area contributed by atoms with Crippen molar-refractivity contribution in [1.82, 2.24) is 19.9 Å². The molecule has 8 heteroatoms. The van der Waals surface area contributed by atoms with Crippen molar-refractivity contribution in [3.05, 3.63) is 47.2 Å². The van der Waals surface area contributed by atoms with Gasteiger partial charge in [-0.1, -0.05) is 6.07 Å². The van der Waals surface area contributed by atoms with Gasteiger partial charge in [0.25, 0.3) is 0 Å². The fraction of sp³-hybridized carbons (Fsp3) is 0.235. The van der Waals surface area contributed by atoms with Gasteiger partial charge in [-0.05, 0) is 32.0 Å². The Morgan fingerprint density at radius 3 is 2.80 bits per heavy atom. The number of anilines is 2. The van der Waals surface area contributed by atoms with Gasteiger partial charge in [0.05, 0.1) is 18.7 Å². The fourth-order valence-corrected chi connectivity index (χ4v) is 3.13. The third-order valence-electron chi connectivity index (χ3n) is 3.23. The number of carbonyl (C=O) groups excluding carboxylic acids is 1. The van der Waals surface area contributed by atoms with Gasteiger partial charge in [0, 0.05) is 23.0 Å². The monoisotopic (exact) mass is 355 g/mol. The highest BCUT2D eigenvalue weighted by molar-refractivity contribution is 7.16. The predicted octanol–water partition coefficient (Wildman–Crippen LogP) is 3.15. The van der Waals surface area contributed by atoms with Crippen LogP contribution in [0, 0.1) is 6.92 Å². The molecular formula is C17H17N5O2S. The van der Waals surface area contributed by atoms with E-state index in [0.29, 0.717) is 29.1 Å². The summed E-state index contributed by atoms with van der Waals surface area (Å²) in [4.78, 5) is 30.1. The van der Waals surface area contributed by atoms with Crippen LogP contribution in [0.25, 0.3) is 11.4 Å². The second-order valence-electron chi connectivity index (χ2n) is 5.13.